The predicted octanol–water partition coefficient (Wildman–Crippen LogP) is 19.3. The number of rotatable bonds is 12. The molecule has 3 fully saturated rings. The maximum Gasteiger partial charge on any atom is 0.373 e. The second kappa shape index (κ2) is 45.8. The van der Waals surface area contributed by atoms with E-state index in [2.05, 4.69) is 189 Å². The molecule has 6 nitrogen and oxygen atoms in total. The summed E-state index contributed by atoms with van der Waals surface area (Å²) in [5.41, 5.74) is 25.2. The highest BCUT2D eigenvalue weighted by Crippen LogP contribution is 2.49. The third-order valence-corrected chi connectivity index (χ3v) is 19.4. The highest BCUT2D eigenvalue weighted by molar-refractivity contribution is 9.09. The van der Waals surface area contributed by atoms with Crippen LogP contribution in [0.5, 0.6) is 0 Å². The van der Waals surface area contributed by atoms with Crippen molar-refractivity contribution in [2.24, 2.45) is 5.73 Å². The second-order valence-corrected chi connectivity index (χ2v) is 24.3. The normalized spacial score (nSPS) is 16.4. The van der Waals surface area contributed by atoms with Gasteiger partial charge in [-0.15, -0.1) is 0 Å². The van der Waals surface area contributed by atoms with Crippen LogP contribution in [0.2, 0.25) is 6.82 Å². The maximum atomic E-state index is 9.34. The van der Waals surface area contributed by atoms with Gasteiger partial charge in [-0.3, -0.25) is 0 Å². The fraction of sp³-hybridized carbons (Fsp3) is 0.561. The number of nitrogens with one attached hydrogen (secondary N) is 2. The quantitative estimate of drug-likeness (QED) is 0.0556. The average Bonchev–Trinajstić information content (AvgIpc) is 1.43. The van der Waals surface area contributed by atoms with Crippen molar-refractivity contribution < 1.29 is 5.02 Å². The van der Waals surface area contributed by atoms with Crippen LogP contribution in [0.25, 0.3) is 0 Å². The number of benzene rings is 6. The van der Waals surface area contributed by atoms with Gasteiger partial charge in [0.1, 0.15) is 0 Å². The molecule has 498 valence electrons. The molecule has 0 radical (unpaired) electrons. The monoisotopic (exact) mass is 1290 g/mol. The molecule has 0 amide bonds. The molecular formula is C82H129BBrN5O. The zero-order valence-electron chi connectivity index (χ0n) is 59.7. The van der Waals surface area contributed by atoms with Gasteiger partial charge in [0.2, 0.25) is 0 Å². The lowest BCUT2D eigenvalue weighted by Crippen LogP contribution is -2.44. The van der Waals surface area contributed by atoms with Gasteiger partial charge in [-0.2, -0.15) is 0 Å². The summed E-state index contributed by atoms with van der Waals surface area (Å²) < 4.78 is 0. The number of fused-ring (bicyclic) bond motifs is 12. The first-order valence-electron chi connectivity index (χ1n) is 36.7. The molecular weight excluding hydrogens is 1160 g/mol. The molecule has 0 saturated carbocycles. The van der Waals surface area contributed by atoms with Gasteiger partial charge in [0, 0.05) is 21.6 Å². The van der Waals surface area contributed by atoms with Crippen LogP contribution in [-0.4, -0.2) is 92.7 Å². The Labute approximate surface area is 562 Å². The summed E-state index contributed by atoms with van der Waals surface area (Å²) in [6.07, 6.45) is 22.0. The molecule has 3 heterocycles. The van der Waals surface area contributed by atoms with E-state index in [1.165, 1.54) is 108 Å². The minimum absolute atomic E-state index is 0.179. The molecule has 6 aliphatic rings. The molecule has 3 spiro atoms. The lowest BCUT2D eigenvalue weighted by atomic mass is 9.66. The van der Waals surface area contributed by atoms with Crippen LogP contribution in [-0.2, 0) is 54.8 Å². The van der Waals surface area contributed by atoms with E-state index in [0.717, 1.165) is 78.0 Å². The Bertz CT molecular complexity index is 2620. The third-order valence-electron chi connectivity index (χ3n) is 18.8. The molecule has 0 aromatic heterocycles. The number of piperidine rings is 3. The van der Waals surface area contributed by atoms with Gasteiger partial charge in [-0.1, -0.05) is 271 Å². The van der Waals surface area contributed by atoms with Crippen LogP contribution in [0.4, 0.5) is 0 Å². The van der Waals surface area contributed by atoms with E-state index >= 15 is 0 Å². The summed E-state index contributed by atoms with van der Waals surface area (Å²) in [6, 6.07) is 55.0. The minimum atomic E-state index is -0.409. The van der Waals surface area contributed by atoms with Crippen LogP contribution in [0.3, 0.4) is 0 Å². The molecule has 3 aliphatic carbocycles. The van der Waals surface area contributed by atoms with E-state index in [1.807, 2.05) is 83.1 Å². The SMILES string of the molecule is CB(O)NCCCN1CCC2(CC1)c1ccccc1CCc1ccccc12.CC.CC.CC.CC.CC.CC.CCCCCCBr.NCCCN1CCC2(CC1)c1ccccc1CCc1ccccc12.c1ccc2c(c1)CCc1ccccc1C21CCNCC1. The molecule has 0 bridgehead atoms. The van der Waals surface area contributed by atoms with E-state index in [1.54, 1.807) is 73.6 Å². The Morgan fingerprint density at radius 3 is 0.967 bits per heavy atom. The second-order valence-electron chi connectivity index (χ2n) is 23.5. The summed E-state index contributed by atoms with van der Waals surface area (Å²) >= 11 is 3.38. The van der Waals surface area contributed by atoms with Crippen molar-refractivity contribution in [1.82, 2.24) is 20.3 Å². The smallest absolute Gasteiger partial charge is 0.373 e. The number of nitrogens with zero attached hydrogens (tertiary/aromatic N) is 2. The van der Waals surface area contributed by atoms with E-state index in [4.69, 9.17) is 5.73 Å². The molecule has 3 aliphatic heterocycles. The molecule has 8 heteroatoms. The molecule has 0 atom stereocenters. The van der Waals surface area contributed by atoms with Crippen LogP contribution < -0.4 is 16.3 Å². The lowest BCUT2D eigenvalue weighted by molar-refractivity contribution is 0.177. The highest BCUT2D eigenvalue weighted by Gasteiger charge is 2.43. The van der Waals surface area contributed by atoms with Crippen molar-refractivity contribution in [2.75, 3.05) is 70.8 Å². The standard InChI is InChI=1S/C23H31BN2O.C22H28N2.C19H21N.C6H13Br.6C2H6/c1-24(27)25-15-6-16-26-17-13-23(14-18-26)21-9-4-2-7-19(21)11-12-20-8-3-5-10-22(20)23;23-14-5-15-24-16-12-22(13-17-24)20-8-3-1-6-18(20)10-11-19-7-2-4-9-21(19)22;1-3-7-17-15(5-1)9-10-16-6-2-4-8-18(16)19(17)11-13-20-14-12-19;1-2-3-4-5-6-7;6*1-2/h2-5,7-10,25,27H,6,11-18H2,1H3;1-4,6-9H,5,10-17,23H2;1-8,20H,9-14H2;2-6H2,1H3;6*1-2H3. The predicted molar refractivity (Wildman–Crippen MR) is 403 cm³/mol. The fourth-order valence-electron chi connectivity index (χ4n) is 14.7. The molecule has 3 saturated heterocycles. The van der Waals surface area contributed by atoms with Gasteiger partial charge in [-0.25, -0.2) is 0 Å². The molecule has 5 N–H and O–H groups in total. The molecule has 6 aromatic carbocycles. The Hall–Kier alpha value is -4.38. The number of halogens is 1. The van der Waals surface area contributed by atoms with Crippen LogP contribution >= 0.6 is 15.9 Å². The topological polar surface area (TPSA) is 76.8 Å². The van der Waals surface area contributed by atoms with Gasteiger partial charge in [0.25, 0.3) is 0 Å². The Kier molecular flexibility index (Phi) is 40.7. The summed E-state index contributed by atoms with van der Waals surface area (Å²) in [5, 5.41) is 17.2. The zero-order chi connectivity index (χ0) is 66.1. The first kappa shape index (κ1) is 79.9. The average molecular weight is 1290 g/mol. The summed E-state index contributed by atoms with van der Waals surface area (Å²) in [7, 11) is -0.409. The number of likely N-dealkylation sites (tertiary alicyclic amines) is 2. The van der Waals surface area contributed by atoms with E-state index in [0.29, 0.717) is 0 Å². The lowest BCUT2D eigenvalue weighted by Gasteiger charge is -2.44. The van der Waals surface area contributed by atoms with Crippen molar-refractivity contribution in [2.45, 2.75) is 229 Å². The summed E-state index contributed by atoms with van der Waals surface area (Å²) in [6.45, 7) is 38.9. The largest absolute Gasteiger partial charge is 0.437 e. The minimum Gasteiger partial charge on any atom is -0.437 e. The van der Waals surface area contributed by atoms with Crippen molar-refractivity contribution in [3.63, 3.8) is 0 Å². The molecule has 0 unspecified atom stereocenters. The van der Waals surface area contributed by atoms with Gasteiger partial charge in [0.05, 0.1) is 0 Å². The van der Waals surface area contributed by atoms with Crippen molar-refractivity contribution >= 4 is 23.0 Å². The molecule has 6 aromatic rings. The van der Waals surface area contributed by atoms with Crippen molar-refractivity contribution in [3.8, 4) is 0 Å². The van der Waals surface area contributed by atoms with E-state index in [-0.39, 0.29) is 16.2 Å². The van der Waals surface area contributed by atoms with Gasteiger partial charge < -0.3 is 31.1 Å². The number of hydrogen-bond acceptors (Lipinski definition) is 6. The van der Waals surface area contributed by atoms with Gasteiger partial charge in [0.15, 0.2) is 0 Å². The Morgan fingerprint density at radius 2 is 0.700 bits per heavy atom. The van der Waals surface area contributed by atoms with Crippen LogP contribution in [0, 0.1) is 0 Å². The number of alkyl halides is 1. The van der Waals surface area contributed by atoms with Gasteiger partial charge in [-0.05, 0) is 235 Å². The molecule has 12 rings (SSSR count). The first-order chi connectivity index (χ1) is 44.3. The van der Waals surface area contributed by atoms with Crippen molar-refractivity contribution in [1.29, 1.82) is 0 Å². The summed E-state index contributed by atoms with van der Waals surface area (Å²) in [4.78, 5) is 5.21. The van der Waals surface area contributed by atoms with E-state index < -0.39 is 7.05 Å². The number of unbranched alkanes of at least 4 members (excludes halogenated alkanes) is 3. The number of aryl methyl sites for hydroxylation is 6. The van der Waals surface area contributed by atoms with Crippen LogP contribution in [0.15, 0.2) is 146 Å². The summed E-state index contributed by atoms with van der Waals surface area (Å²) in [5.74, 6) is 0. The van der Waals surface area contributed by atoms with Gasteiger partial charge >= 0.3 is 7.05 Å². The van der Waals surface area contributed by atoms with Crippen LogP contribution in [0.1, 0.15) is 234 Å². The fourth-order valence-corrected chi connectivity index (χ4v) is 15.1. The van der Waals surface area contributed by atoms with Crippen molar-refractivity contribution in [3.05, 3.63) is 212 Å². The Morgan fingerprint density at radius 1 is 0.422 bits per heavy atom. The maximum absolute atomic E-state index is 9.34. The zero-order valence-corrected chi connectivity index (χ0v) is 61.3. The highest BCUT2D eigenvalue weighted by atomic mass is 79.9. The number of nitrogens with two attached hydrogens (primary N) is 1. The number of hydrogen-bond donors (Lipinski definition) is 4. The first-order valence-corrected chi connectivity index (χ1v) is 37.8. The third kappa shape index (κ3) is 21.9. The molecule has 90 heavy (non-hydrogen) atoms. The van der Waals surface area contributed by atoms with E-state index in [9.17, 15) is 5.02 Å². The Balaban J connectivity index is 0.000000311.